The van der Waals surface area contributed by atoms with Crippen molar-refractivity contribution in [2.24, 2.45) is 0 Å². The van der Waals surface area contributed by atoms with Crippen molar-refractivity contribution >= 4 is 0 Å². The van der Waals surface area contributed by atoms with E-state index < -0.39 is 23.2 Å². The van der Waals surface area contributed by atoms with Crippen molar-refractivity contribution in [3.63, 3.8) is 0 Å². The molecule has 1 unspecified atom stereocenters. The van der Waals surface area contributed by atoms with E-state index in [-0.39, 0.29) is 0 Å². The first-order valence-corrected chi connectivity index (χ1v) is 13.7. The molecule has 0 amide bonds. The zero-order valence-electron chi connectivity index (χ0n) is 17.4. The van der Waals surface area contributed by atoms with Crippen LogP contribution < -0.4 is 0 Å². The van der Waals surface area contributed by atoms with Gasteiger partial charge in [-0.2, -0.15) is 0 Å². The van der Waals surface area contributed by atoms with Crippen molar-refractivity contribution in [1.29, 1.82) is 0 Å². The van der Waals surface area contributed by atoms with Gasteiger partial charge >= 0.3 is 191 Å². The van der Waals surface area contributed by atoms with Crippen molar-refractivity contribution in [3.8, 4) is 22.3 Å². The van der Waals surface area contributed by atoms with E-state index in [1.807, 2.05) is 0 Å². The first-order valence-electron chi connectivity index (χ1n) is 10.9. The molecule has 30 heavy (non-hydrogen) atoms. The fourth-order valence-corrected chi connectivity index (χ4v) is 10.3. The molecule has 6 rings (SSSR count). The third-order valence-corrected chi connectivity index (χ3v) is 11.5. The molecule has 0 saturated carbocycles. The Kier molecular flexibility index (Phi) is 4.43. The average molecular weight is 464 g/mol. The molecule has 4 aromatic carbocycles. The molecule has 144 valence electrons. The third kappa shape index (κ3) is 2.75. The molecule has 1 atom stereocenters. The summed E-state index contributed by atoms with van der Waals surface area (Å²) in [5, 5.41) is 0. The molecule has 4 aromatic rings. The number of hydrogen-bond acceptors (Lipinski definition) is 0. The van der Waals surface area contributed by atoms with E-state index >= 15 is 0 Å². The fourth-order valence-electron chi connectivity index (χ4n) is 5.27. The van der Waals surface area contributed by atoms with Crippen LogP contribution in [0.25, 0.3) is 22.3 Å². The summed E-state index contributed by atoms with van der Waals surface area (Å²) in [7, 11) is 0. The standard InChI is InChI=1S/C16H15.C13H9.Zr/c1-11(2)12-7-8-16-14(9-12)10-13-5-3-4-6-15(13)16;1-3-7-12-10(5-1)9-11-6-2-4-8-13(11)12;/h3-11H,1-2H3;1-9H;. The quantitative estimate of drug-likeness (QED) is 0.291. The van der Waals surface area contributed by atoms with Crippen LogP contribution in [0.5, 0.6) is 0 Å². The van der Waals surface area contributed by atoms with Gasteiger partial charge in [0.25, 0.3) is 0 Å². The van der Waals surface area contributed by atoms with Crippen LogP contribution in [0.3, 0.4) is 0 Å². The Bertz CT molecular complexity index is 1220. The fraction of sp³-hybridized carbons (Fsp3) is 0.172. The molecule has 2 aliphatic rings. The molecule has 0 N–H and O–H groups in total. The summed E-state index contributed by atoms with van der Waals surface area (Å²) in [6.45, 7) is 4.62. The Balaban J connectivity index is 1.50. The summed E-state index contributed by atoms with van der Waals surface area (Å²) in [6, 6.07) is 34.7. The number of hydrogen-bond donors (Lipinski definition) is 0. The van der Waals surface area contributed by atoms with Gasteiger partial charge in [-0.25, -0.2) is 0 Å². The van der Waals surface area contributed by atoms with Crippen LogP contribution in [0.1, 0.15) is 54.8 Å². The first kappa shape index (κ1) is 18.5. The summed E-state index contributed by atoms with van der Waals surface area (Å²) in [5.41, 5.74) is 13.6. The Morgan fingerprint density at radius 2 is 0.967 bits per heavy atom. The predicted octanol–water partition coefficient (Wildman–Crippen LogP) is 7.73. The Labute approximate surface area is 190 Å². The summed E-state index contributed by atoms with van der Waals surface area (Å²) in [5.74, 6) is 0.568. The van der Waals surface area contributed by atoms with Gasteiger partial charge in [0.15, 0.2) is 0 Å². The molecular weight excluding hydrogens is 440 g/mol. The summed E-state index contributed by atoms with van der Waals surface area (Å²) in [4.78, 5) is 0. The van der Waals surface area contributed by atoms with Crippen LogP contribution in [0.15, 0.2) is 91.0 Å². The molecular formula is C29H24Zr. The molecule has 0 bridgehead atoms. The minimum atomic E-state index is -0.877. The van der Waals surface area contributed by atoms with E-state index in [4.69, 9.17) is 0 Å². The van der Waals surface area contributed by atoms with Gasteiger partial charge in [0.05, 0.1) is 0 Å². The monoisotopic (exact) mass is 462 g/mol. The van der Waals surface area contributed by atoms with Crippen LogP contribution in [-0.2, 0) is 23.2 Å². The molecule has 0 spiro atoms. The zero-order chi connectivity index (χ0) is 20.2. The molecule has 0 saturated heterocycles. The SMILES string of the molecule is CC(C)c1ccc2c(c1)[CH]([Zr][CH]1c3ccccc3-c3ccccc31)c1ccccc1-2. The normalized spacial score (nSPS) is 16.2. The van der Waals surface area contributed by atoms with Gasteiger partial charge in [-0.3, -0.25) is 0 Å². The van der Waals surface area contributed by atoms with Gasteiger partial charge in [-0.15, -0.1) is 0 Å². The predicted molar refractivity (Wildman–Crippen MR) is 122 cm³/mol. The second-order valence-corrected chi connectivity index (χ2v) is 12.5. The van der Waals surface area contributed by atoms with Gasteiger partial charge in [0, 0.05) is 0 Å². The Hall–Kier alpha value is -2.24. The van der Waals surface area contributed by atoms with Gasteiger partial charge in [0.2, 0.25) is 0 Å². The van der Waals surface area contributed by atoms with Crippen LogP contribution >= 0.6 is 0 Å². The van der Waals surface area contributed by atoms with E-state index in [1.165, 1.54) is 27.8 Å². The molecule has 0 heterocycles. The Morgan fingerprint density at radius 1 is 0.533 bits per heavy atom. The molecule has 0 aromatic heterocycles. The van der Waals surface area contributed by atoms with Crippen LogP contribution in [-0.4, -0.2) is 0 Å². The minimum absolute atomic E-state index is 0.568. The van der Waals surface area contributed by atoms with E-state index in [9.17, 15) is 0 Å². The van der Waals surface area contributed by atoms with E-state index in [0.717, 1.165) is 0 Å². The van der Waals surface area contributed by atoms with Crippen molar-refractivity contribution in [3.05, 3.63) is 119 Å². The number of rotatable bonds is 3. The van der Waals surface area contributed by atoms with E-state index in [2.05, 4.69) is 105 Å². The second-order valence-electron chi connectivity index (χ2n) is 8.80. The van der Waals surface area contributed by atoms with Gasteiger partial charge in [0.1, 0.15) is 0 Å². The topological polar surface area (TPSA) is 0 Å². The van der Waals surface area contributed by atoms with Gasteiger partial charge in [-0.1, -0.05) is 0 Å². The van der Waals surface area contributed by atoms with Crippen molar-refractivity contribution < 1.29 is 23.2 Å². The van der Waals surface area contributed by atoms with Crippen LogP contribution in [0.2, 0.25) is 0 Å². The number of fused-ring (bicyclic) bond motifs is 6. The van der Waals surface area contributed by atoms with Crippen molar-refractivity contribution in [2.45, 2.75) is 27.0 Å². The molecule has 0 aliphatic heterocycles. The van der Waals surface area contributed by atoms with Crippen LogP contribution in [0.4, 0.5) is 0 Å². The summed E-state index contributed by atoms with van der Waals surface area (Å²) >= 11 is -0.877. The molecule has 0 nitrogen and oxygen atoms in total. The second kappa shape index (κ2) is 7.17. The molecule has 2 aliphatic carbocycles. The van der Waals surface area contributed by atoms with E-state index in [0.29, 0.717) is 13.2 Å². The van der Waals surface area contributed by atoms with Crippen LogP contribution in [0, 0.1) is 0 Å². The van der Waals surface area contributed by atoms with Gasteiger partial charge in [-0.05, 0) is 0 Å². The Morgan fingerprint density at radius 3 is 1.47 bits per heavy atom. The summed E-state index contributed by atoms with van der Waals surface area (Å²) in [6.07, 6.45) is 0. The maximum absolute atomic E-state index is 2.53. The zero-order valence-corrected chi connectivity index (χ0v) is 19.9. The molecule has 1 heteroatoms. The van der Waals surface area contributed by atoms with Gasteiger partial charge < -0.3 is 0 Å². The molecule has 0 fully saturated rings. The van der Waals surface area contributed by atoms with Crippen molar-refractivity contribution in [1.82, 2.24) is 0 Å². The van der Waals surface area contributed by atoms with E-state index in [1.54, 1.807) is 22.3 Å². The first-order chi connectivity index (χ1) is 14.7. The average Bonchev–Trinajstić information content (AvgIpc) is 3.27. The molecule has 0 radical (unpaired) electrons. The summed E-state index contributed by atoms with van der Waals surface area (Å²) < 4.78 is 1.23. The maximum atomic E-state index is 2.53. The number of benzene rings is 4. The van der Waals surface area contributed by atoms with Crippen molar-refractivity contribution in [2.75, 3.05) is 0 Å². The third-order valence-electron chi connectivity index (χ3n) is 6.78.